The molecule has 0 heterocycles. The highest BCUT2D eigenvalue weighted by Gasteiger charge is 2.38. The second-order valence-corrected chi connectivity index (χ2v) is 14.1. The first-order chi connectivity index (χ1) is 26.1. The smallest absolute Gasteiger partial charge is 0.407 e. The molecule has 5 aromatic carbocycles. The Kier molecular flexibility index (Phi) is 12.0. The molecule has 1 aliphatic carbocycles. The van der Waals surface area contributed by atoms with Crippen LogP contribution >= 0.6 is 0 Å². The normalized spacial score (nSPS) is 13.5. The first-order valence-electron chi connectivity index (χ1n) is 18.3. The molecule has 0 saturated carbocycles. The molecule has 1 aliphatic rings. The molecular formula is C45H47N3O6. The Hall–Kier alpha value is -6.09. The molecule has 278 valence electrons. The summed E-state index contributed by atoms with van der Waals surface area (Å²) >= 11 is 0. The van der Waals surface area contributed by atoms with Crippen molar-refractivity contribution < 1.29 is 28.6 Å². The molecule has 0 aromatic heterocycles. The fraction of sp³-hybridized carbons (Fsp3) is 0.267. The number of amides is 3. The summed E-state index contributed by atoms with van der Waals surface area (Å²) in [7, 11) is 1.52. The number of carbonyl (C=O) groups excluding carboxylic acids is 3. The number of benzene rings is 5. The van der Waals surface area contributed by atoms with E-state index < -0.39 is 29.5 Å². The van der Waals surface area contributed by atoms with Crippen molar-refractivity contribution in [2.75, 3.05) is 13.7 Å². The Bertz CT molecular complexity index is 2020. The van der Waals surface area contributed by atoms with Crippen LogP contribution in [0.1, 0.15) is 54.5 Å². The van der Waals surface area contributed by atoms with Crippen molar-refractivity contribution in [3.63, 3.8) is 0 Å². The largest absolute Gasteiger partial charge is 0.485 e. The first kappa shape index (κ1) is 37.7. The van der Waals surface area contributed by atoms with Crippen molar-refractivity contribution in [2.45, 2.75) is 57.9 Å². The minimum absolute atomic E-state index is 0.113. The van der Waals surface area contributed by atoms with Gasteiger partial charge in [-0.15, -0.1) is 0 Å². The summed E-state index contributed by atoms with van der Waals surface area (Å²) in [5, 5.41) is 8.41. The lowest BCUT2D eigenvalue weighted by atomic mass is 9.90. The van der Waals surface area contributed by atoms with Gasteiger partial charge in [-0.1, -0.05) is 129 Å². The number of fused-ring (bicyclic) bond motifs is 3. The third-order valence-electron chi connectivity index (χ3n) is 9.73. The standard InChI is InChI=1S/C45H47N3O6/c1-30(2)41(47-44(51)54-29-38-36-21-13-11-19-34(36)35-20-12-14-22-37(35)38)42(49)48-45(3,43(50)46-4)26-33-23-24-39(52-27-31-15-7-5-8-16-31)40(25-33)53-28-32-17-9-6-10-18-32/h5-25,30,38,41H,26-29H2,1-4H3,(H,46,50)(H,47,51)(H,48,49)/t41-,45+/m0/s1. The van der Waals surface area contributed by atoms with E-state index in [1.807, 2.05) is 117 Å². The Balaban J connectivity index is 1.15. The number of nitrogens with one attached hydrogen (secondary N) is 3. The van der Waals surface area contributed by atoms with Crippen molar-refractivity contribution in [1.82, 2.24) is 16.0 Å². The molecule has 0 fully saturated rings. The van der Waals surface area contributed by atoms with Crippen molar-refractivity contribution in [3.05, 3.63) is 155 Å². The van der Waals surface area contributed by atoms with Gasteiger partial charge in [-0.25, -0.2) is 4.79 Å². The molecule has 0 bridgehead atoms. The van der Waals surface area contributed by atoms with E-state index in [-0.39, 0.29) is 24.9 Å². The number of ether oxygens (including phenoxy) is 3. The maximum absolute atomic E-state index is 13.9. The van der Waals surface area contributed by atoms with E-state index in [1.54, 1.807) is 6.92 Å². The summed E-state index contributed by atoms with van der Waals surface area (Å²) in [6.45, 7) is 6.10. The van der Waals surface area contributed by atoms with Crippen LogP contribution in [0.25, 0.3) is 11.1 Å². The van der Waals surface area contributed by atoms with E-state index in [0.717, 1.165) is 38.9 Å². The summed E-state index contributed by atoms with van der Waals surface area (Å²) in [4.78, 5) is 40.6. The minimum atomic E-state index is -1.38. The Morgan fingerprint density at radius 2 is 1.22 bits per heavy atom. The lowest BCUT2D eigenvalue weighted by Crippen LogP contribution is -2.62. The molecule has 0 radical (unpaired) electrons. The minimum Gasteiger partial charge on any atom is -0.485 e. The zero-order valence-electron chi connectivity index (χ0n) is 31.1. The maximum atomic E-state index is 13.9. The number of likely N-dealkylation sites (N-methyl/N-ethyl adjacent to an activating group) is 1. The molecule has 9 heteroatoms. The van der Waals surface area contributed by atoms with Gasteiger partial charge in [0.15, 0.2) is 11.5 Å². The molecule has 54 heavy (non-hydrogen) atoms. The number of hydrogen-bond donors (Lipinski definition) is 3. The second-order valence-electron chi connectivity index (χ2n) is 14.1. The zero-order chi connectivity index (χ0) is 38.1. The van der Waals surface area contributed by atoms with Gasteiger partial charge in [0.2, 0.25) is 11.8 Å². The second kappa shape index (κ2) is 17.2. The summed E-state index contributed by atoms with van der Waals surface area (Å²) in [6.07, 6.45) is -0.576. The fourth-order valence-electron chi connectivity index (χ4n) is 6.88. The van der Waals surface area contributed by atoms with Crippen LogP contribution in [0.4, 0.5) is 4.79 Å². The van der Waals surface area contributed by atoms with Crippen molar-refractivity contribution in [3.8, 4) is 22.6 Å². The molecule has 3 amide bonds. The highest BCUT2D eigenvalue weighted by Crippen LogP contribution is 2.44. The molecule has 0 unspecified atom stereocenters. The summed E-state index contributed by atoms with van der Waals surface area (Å²) in [6, 6.07) is 40.4. The van der Waals surface area contributed by atoms with Gasteiger partial charge in [0.05, 0.1) is 0 Å². The monoisotopic (exact) mass is 725 g/mol. The SMILES string of the molecule is CNC(=O)[C@@](C)(Cc1ccc(OCc2ccccc2)c(OCc2ccccc2)c1)NC(=O)[C@@H](NC(=O)OCC1c2ccccc2-c2ccccc21)C(C)C. The van der Waals surface area contributed by atoms with Crippen molar-refractivity contribution in [1.29, 1.82) is 0 Å². The van der Waals surface area contributed by atoms with Gasteiger partial charge in [-0.3, -0.25) is 9.59 Å². The van der Waals surface area contributed by atoms with Crippen LogP contribution in [0.15, 0.2) is 127 Å². The molecule has 0 spiro atoms. The van der Waals surface area contributed by atoms with Crippen LogP contribution in [0.2, 0.25) is 0 Å². The highest BCUT2D eigenvalue weighted by atomic mass is 16.5. The highest BCUT2D eigenvalue weighted by molar-refractivity contribution is 5.94. The van der Waals surface area contributed by atoms with Crippen LogP contribution in [0.3, 0.4) is 0 Å². The fourth-order valence-corrected chi connectivity index (χ4v) is 6.88. The van der Waals surface area contributed by atoms with Gasteiger partial charge in [0, 0.05) is 19.4 Å². The van der Waals surface area contributed by atoms with Gasteiger partial charge >= 0.3 is 6.09 Å². The summed E-state index contributed by atoms with van der Waals surface area (Å²) in [5.41, 5.74) is 5.79. The topological polar surface area (TPSA) is 115 Å². The molecule has 5 aromatic rings. The number of alkyl carbamates (subject to hydrolysis) is 1. The van der Waals surface area contributed by atoms with Crippen LogP contribution in [0, 0.1) is 5.92 Å². The van der Waals surface area contributed by atoms with E-state index in [4.69, 9.17) is 14.2 Å². The predicted octanol–water partition coefficient (Wildman–Crippen LogP) is 7.57. The molecule has 0 saturated heterocycles. The van der Waals surface area contributed by atoms with Crippen molar-refractivity contribution >= 4 is 17.9 Å². The number of rotatable bonds is 15. The average Bonchev–Trinajstić information content (AvgIpc) is 3.51. The number of hydrogen-bond acceptors (Lipinski definition) is 6. The number of carbonyl (C=O) groups is 3. The predicted molar refractivity (Wildman–Crippen MR) is 209 cm³/mol. The quantitative estimate of drug-likeness (QED) is 0.103. The van der Waals surface area contributed by atoms with E-state index in [9.17, 15) is 14.4 Å². The Morgan fingerprint density at radius 3 is 1.78 bits per heavy atom. The molecule has 9 nitrogen and oxygen atoms in total. The maximum Gasteiger partial charge on any atom is 0.407 e. The van der Waals surface area contributed by atoms with E-state index >= 15 is 0 Å². The summed E-state index contributed by atoms with van der Waals surface area (Å²) < 4.78 is 18.2. The Labute approximate surface area is 317 Å². The van der Waals surface area contributed by atoms with Gasteiger partial charge in [0.1, 0.15) is 31.4 Å². The van der Waals surface area contributed by atoms with Crippen LogP contribution in [0.5, 0.6) is 11.5 Å². The van der Waals surface area contributed by atoms with E-state index in [0.29, 0.717) is 24.7 Å². The van der Waals surface area contributed by atoms with Gasteiger partial charge < -0.3 is 30.2 Å². The third kappa shape index (κ3) is 8.92. The van der Waals surface area contributed by atoms with E-state index in [2.05, 4.69) is 40.2 Å². The molecule has 2 atom stereocenters. The molecular weight excluding hydrogens is 679 g/mol. The first-order valence-corrected chi connectivity index (χ1v) is 18.3. The average molecular weight is 726 g/mol. The lowest BCUT2D eigenvalue weighted by molar-refractivity contribution is -0.134. The molecule has 6 rings (SSSR count). The molecule has 0 aliphatic heterocycles. The third-order valence-corrected chi connectivity index (χ3v) is 9.73. The van der Waals surface area contributed by atoms with Gasteiger partial charge in [-0.2, -0.15) is 0 Å². The molecule has 3 N–H and O–H groups in total. The summed E-state index contributed by atoms with van der Waals surface area (Å²) in [5.74, 6) is -0.268. The van der Waals surface area contributed by atoms with Crippen LogP contribution in [-0.2, 0) is 34.0 Å². The zero-order valence-corrected chi connectivity index (χ0v) is 31.1. The lowest BCUT2D eigenvalue weighted by Gasteiger charge is -2.32. The van der Waals surface area contributed by atoms with Crippen molar-refractivity contribution in [2.24, 2.45) is 5.92 Å². The van der Waals surface area contributed by atoms with Gasteiger partial charge in [0.25, 0.3) is 0 Å². The van der Waals surface area contributed by atoms with Crippen LogP contribution < -0.4 is 25.4 Å². The van der Waals surface area contributed by atoms with Crippen LogP contribution in [-0.4, -0.2) is 43.1 Å². The Morgan fingerprint density at radius 1 is 0.685 bits per heavy atom. The van der Waals surface area contributed by atoms with E-state index in [1.165, 1.54) is 7.05 Å². The van der Waals surface area contributed by atoms with Gasteiger partial charge in [-0.05, 0) is 63.9 Å².